The lowest BCUT2D eigenvalue weighted by atomic mass is 9.98. The average molecular weight is 262 g/mol. The second-order valence-electron chi connectivity index (χ2n) is 5.54. The molecule has 3 nitrogen and oxygen atoms in total. The molecule has 0 bridgehead atoms. The molecule has 3 heteroatoms. The molecular formula is C16H26N2O. The molecule has 2 atom stereocenters. The van der Waals surface area contributed by atoms with Gasteiger partial charge in [0.25, 0.3) is 0 Å². The number of benzene rings is 1. The van der Waals surface area contributed by atoms with Gasteiger partial charge >= 0.3 is 0 Å². The second kappa shape index (κ2) is 7.63. The summed E-state index contributed by atoms with van der Waals surface area (Å²) in [6, 6.07) is 8.98. The summed E-state index contributed by atoms with van der Waals surface area (Å²) in [5.74, 6) is 5.67. The summed E-state index contributed by atoms with van der Waals surface area (Å²) in [4.78, 5) is 0. The number of rotatable bonds is 7. The van der Waals surface area contributed by atoms with Gasteiger partial charge in [-0.2, -0.15) is 0 Å². The maximum atomic E-state index is 5.67. The van der Waals surface area contributed by atoms with Gasteiger partial charge in [-0.05, 0) is 56.6 Å². The van der Waals surface area contributed by atoms with Crippen LogP contribution in [0.25, 0.3) is 0 Å². The summed E-state index contributed by atoms with van der Waals surface area (Å²) in [6.07, 6.45) is 7.31. The summed E-state index contributed by atoms with van der Waals surface area (Å²) in [7, 11) is 0. The molecule has 0 aliphatic carbocycles. The number of nitrogens with two attached hydrogens (primary N) is 1. The van der Waals surface area contributed by atoms with E-state index in [1.165, 1.54) is 24.0 Å². The average Bonchev–Trinajstić information content (AvgIpc) is 2.94. The Morgan fingerprint density at radius 3 is 2.89 bits per heavy atom. The van der Waals surface area contributed by atoms with E-state index >= 15 is 0 Å². The molecule has 0 aromatic heterocycles. The van der Waals surface area contributed by atoms with E-state index in [0.29, 0.717) is 12.1 Å². The SMILES string of the molecule is Cc1ccccc1CCC(CCC1CCCO1)NN. The maximum absolute atomic E-state index is 5.67. The van der Waals surface area contributed by atoms with Gasteiger partial charge in [0.1, 0.15) is 0 Å². The lowest BCUT2D eigenvalue weighted by Gasteiger charge is -2.18. The van der Waals surface area contributed by atoms with Crippen LogP contribution < -0.4 is 11.3 Å². The van der Waals surface area contributed by atoms with Gasteiger partial charge in [-0.25, -0.2) is 0 Å². The Bertz CT molecular complexity index is 375. The van der Waals surface area contributed by atoms with E-state index in [1.54, 1.807) is 0 Å². The Balaban J connectivity index is 1.74. The van der Waals surface area contributed by atoms with Crippen molar-refractivity contribution in [2.45, 2.75) is 57.6 Å². The Hall–Kier alpha value is -0.900. The van der Waals surface area contributed by atoms with Crippen molar-refractivity contribution in [1.29, 1.82) is 0 Å². The number of ether oxygens (including phenoxy) is 1. The number of hydrazine groups is 1. The standard InChI is InChI=1S/C16H26N2O/c1-13-5-2-3-6-14(13)8-9-15(18-17)10-11-16-7-4-12-19-16/h2-3,5-6,15-16,18H,4,7-12,17H2,1H3. The number of nitrogens with one attached hydrogen (secondary N) is 1. The minimum Gasteiger partial charge on any atom is -0.378 e. The molecule has 0 saturated carbocycles. The van der Waals surface area contributed by atoms with Gasteiger partial charge in [-0.15, -0.1) is 0 Å². The van der Waals surface area contributed by atoms with Crippen molar-refractivity contribution in [3.05, 3.63) is 35.4 Å². The summed E-state index contributed by atoms with van der Waals surface area (Å²) in [5.41, 5.74) is 5.76. The van der Waals surface area contributed by atoms with Crippen molar-refractivity contribution in [1.82, 2.24) is 5.43 Å². The fourth-order valence-electron chi connectivity index (χ4n) is 2.79. The molecule has 1 aliphatic heterocycles. The molecule has 0 radical (unpaired) electrons. The van der Waals surface area contributed by atoms with Crippen molar-refractivity contribution in [3.63, 3.8) is 0 Å². The van der Waals surface area contributed by atoms with Gasteiger partial charge in [0.2, 0.25) is 0 Å². The first-order valence-corrected chi connectivity index (χ1v) is 7.42. The van der Waals surface area contributed by atoms with Crippen LogP contribution in [0.4, 0.5) is 0 Å². The second-order valence-corrected chi connectivity index (χ2v) is 5.54. The topological polar surface area (TPSA) is 47.3 Å². The maximum Gasteiger partial charge on any atom is 0.0576 e. The van der Waals surface area contributed by atoms with E-state index < -0.39 is 0 Å². The molecular weight excluding hydrogens is 236 g/mol. The number of aryl methyl sites for hydroxylation is 2. The van der Waals surface area contributed by atoms with E-state index in [0.717, 1.165) is 32.3 Å². The molecule has 106 valence electrons. The Kier molecular flexibility index (Phi) is 5.83. The molecule has 0 amide bonds. The van der Waals surface area contributed by atoms with Crippen LogP contribution in [-0.2, 0) is 11.2 Å². The van der Waals surface area contributed by atoms with E-state index in [-0.39, 0.29) is 0 Å². The van der Waals surface area contributed by atoms with E-state index in [1.807, 2.05) is 0 Å². The molecule has 1 aliphatic rings. The summed E-state index contributed by atoms with van der Waals surface area (Å²) in [6.45, 7) is 3.11. The molecule has 2 rings (SSSR count). The Morgan fingerprint density at radius 2 is 2.21 bits per heavy atom. The molecule has 1 heterocycles. The Morgan fingerprint density at radius 1 is 1.37 bits per heavy atom. The molecule has 1 aromatic rings. The van der Waals surface area contributed by atoms with Crippen LogP contribution in [-0.4, -0.2) is 18.8 Å². The van der Waals surface area contributed by atoms with Crippen LogP contribution in [0, 0.1) is 6.92 Å². The predicted molar refractivity (Wildman–Crippen MR) is 78.8 cm³/mol. The highest BCUT2D eigenvalue weighted by Crippen LogP contribution is 2.19. The molecule has 1 saturated heterocycles. The molecule has 0 spiro atoms. The smallest absolute Gasteiger partial charge is 0.0576 e. The fourth-order valence-corrected chi connectivity index (χ4v) is 2.79. The lowest BCUT2D eigenvalue weighted by molar-refractivity contribution is 0.0993. The van der Waals surface area contributed by atoms with Gasteiger partial charge < -0.3 is 4.74 Å². The van der Waals surface area contributed by atoms with Gasteiger partial charge in [-0.1, -0.05) is 24.3 Å². The zero-order valence-corrected chi connectivity index (χ0v) is 11.9. The van der Waals surface area contributed by atoms with Gasteiger partial charge in [0.15, 0.2) is 0 Å². The summed E-state index contributed by atoms with van der Waals surface area (Å²) in [5, 5.41) is 0. The lowest BCUT2D eigenvalue weighted by Crippen LogP contribution is -2.36. The Labute approximate surface area is 116 Å². The quantitative estimate of drug-likeness (QED) is 0.587. The molecule has 19 heavy (non-hydrogen) atoms. The minimum atomic E-state index is 0.392. The summed E-state index contributed by atoms with van der Waals surface area (Å²) >= 11 is 0. The normalized spacial score (nSPS) is 20.6. The first-order valence-electron chi connectivity index (χ1n) is 7.42. The van der Waals surface area contributed by atoms with Crippen LogP contribution in [0.5, 0.6) is 0 Å². The van der Waals surface area contributed by atoms with Crippen molar-refractivity contribution < 1.29 is 4.74 Å². The largest absolute Gasteiger partial charge is 0.378 e. The monoisotopic (exact) mass is 262 g/mol. The molecule has 2 unspecified atom stereocenters. The zero-order valence-electron chi connectivity index (χ0n) is 11.9. The summed E-state index contributed by atoms with van der Waals surface area (Å²) < 4.78 is 5.66. The van der Waals surface area contributed by atoms with Crippen molar-refractivity contribution in [2.24, 2.45) is 5.84 Å². The predicted octanol–water partition coefficient (Wildman–Crippen LogP) is 2.72. The first-order chi connectivity index (χ1) is 9.29. The third-order valence-electron chi connectivity index (χ3n) is 4.12. The van der Waals surface area contributed by atoms with E-state index in [2.05, 4.69) is 36.6 Å². The van der Waals surface area contributed by atoms with Crippen molar-refractivity contribution in [2.75, 3.05) is 6.61 Å². The highest BCUT2D eigenvalue weighted by Gasteiger charge is 2.17. The van der Waals surface area contributed by atoms with Gasteiger partial charge in [-0.3, -0.25) is 11.3 Å². The molecule has 1 fully saturated rings. The van der Waals surface area contributed by atoms with Crippen LogP contribution in [0.3, 0.4) is 0 Å². The van der Waals surface area contributed by atoms with Crippen LogP contribution in [0.2, 0.25) is 0 Å². The van der Waals surface area contributed by atoms with E-state index in [4.69, 9.17) is 10.6 Å². The highest BCUT2D eigenvalue weighted by molar-refractivity contribution is 5.25. The first kappa shape index (κ1) is 14.5. The van der Waals surface area contributed by atoms with E-state index in [9.17, 15) is 0 Å². The van der Waals surface area contributed by atoms with Crippen LogP contribution in [0.1, 0.15) is 43.2 Å². The fraction of sp³-hybridized carbons (Fsp3) is 0.625. The third-order valence-corrected chi connectivity index (χ3v) is 4.12. The van der Waals surface area contributed by atoms with Gasteiger partial charge in [0, 0.05) is 12.6 Å². The van der Waals surface area contributed by atoms with Crippen LogP contribution >= 0.6 is 0 Å². The zero-order chi connectivity index (χ0) is 13.5. The van der Waals surface area contributed by atoms with Gasteiger partial charge in [0.05, 0.1) is 6.10 Å². The third kappa shape index (κ3) is 4.60. The number of hydrogen-bond donors (Lipinski definition) is 2. The molecule has 1 aromatic carbocycles. The number of hydrogen-bond acceptors (Lipinski definition) is 3. The van der Waals surface area contributed by atoms with Crippen molar-refractivity contribution >= 4 is 0 Å². The molecule has 3 N–H and O–H groups in total. The highest BCUT2D eigenvalue weighted by atomic mass is 16.5. The van der Waals surface area contributed by atoms with Crippen LogP contribution in [0.15, 0.2) is 24.3 Å². The van der Waals surface area contributed by atoms with Crippen molar-refractivity contribution in [3.8, 4) is 0 Å². The minimum absolute atomic E-state index is 0.392.